The highest BCUT2D eigenvalue weighted by Gasteiger charge is 2.01. The molecule has 0 radical (unpaired) electrons. The predicted molar refractivity (Wildman–Crippen MR) is 75.2 cm³/mol. The first kappa shape index (κ1) is 14.2. The number of pyridine rings is 1. The molecule has 0 fully saturated rings. The lowest BCUT2D eigenvalue weighted by molar-refractivity contribution is 0.536. The van der Waals surface area contributed by atoms with Gasteiger partial charge in [-0.1, -0.05) is 46.6 Å². The molecule has 96 valence electrons. The number of aromatic nitrogens is 1. The fourth-order valence-electron chi connectivity index (χ4n) is 2.06. The van der Waals surface area contributed by atoms with E-state index in [1.807, 2.05) is 0 Å². The number of aryl methyl sites for hydroxylation is 1. The van der Waals surface area contributed by atoms with Crippen molar-refractivity contribution in [3.05, 3.63) is 29.6 Å². The molecule has 0 aliphatic rings. The molecule has 0 amide bonds. The van der Waals surface area contributed by atoms with Gasteiger partial charge in [-0.2, -0.15) is 0 Å². The molecule has 1 heteroatoms. The van der Waals surface area contributed by atoms with Crippen LogP contribution in [0.3, 0.4) is 0 Å². The number of hydrogen-bond acceptors (Lipinski definition) is 1. The highest BCUT2D eigenvalue weighted by molar-refractivity contribution is 5.11. The third kappa shape index (κ3) is 6.45. The van der Waals surface area contributed by atoms with Gasteiger partial charge in [-0.05, 0) is 43.2 Å². The van der Waals surface area contributed by atoms with Gasteiger partial charge in [0.25, 0.3) is 0 Å². The third-order valence-corrected chi connectivity index (χ3v) is 2.95. The summed E-state index contributed by atoms with van der Waals surface area (Å²) >= 11 is 0. The Morgan fingerprint density at radius 2 is 1.65 bits per heavy atom. The van der Waals surface area contributed by atoms with Gasteiger partial charge in [0.1, 0.15) is 0 Å². The smallest absolute Gasteiger partial charge is 0.0409 e. The minimum Gasteiger partial charge on any atom is -0.258 e. The van der Waals surface area contributed by atoms with Crippen molar-refractivity contribution in [2.24, 2.45) is 11.8 Å². The Hall–Kier alpha value is -0.850. The summed E-state index contributed by atoms with van der Waals surface area (Å²) in [5, 5.41) is 0. The molecular formula is C16H27N. The van der Waals surface area contributed by atoms with E-state index in [1.165, 1.54) is 30.7 Å². The fraction of sp³-hybridized carbons (Fsp3) is 0.688. The van der Waals surface area contributed by atoms with E-state index in [4.69, 9.17) is 4.98 Å². The molecule has 1 nitrogen and oxygen atoms in total. The second kappa shape index (κ2) is 7.47. The molecule has 1 rings (SSSR count). The molecule has 0 bridgehead atoms. The summed E-state index contributed by atoms with van der Waals surface area (Å²) in [6, 6.07) is 6.47. The van der Waals surface area contributed by atoms with E-state index >= 15 is 0 Å². The van der Waals surface area contributed by atoms with Gasteiger partial charge in [-0.3, -0.25) is 4.98 Å². The SMILES string of the molecule is CC(C)CCCCc1cccc(CC(C)C)n1. The van der Waals surface area contributed by atoms with Crippen molar-refractivity contribution < 1.29 is 0 Å². The minimum atomic E-state index is 0.693. The summed E-state index contributed by atoms with van der Waals surface area (Å²) in [6.45, 7) is 9.08. The van der Waals surface area contributed by atoms with Crippen LogP contribution in [0.5, 0.6) is 0 Å². The summed E-state index contributed by atoms with van der Waals surface area (Å²) in [5.41, 5.74) is 2.52. The van der Waals surface area contributed by atoms with Crippen LogP contribution in [0.4, 0.5) is 0 Å². The molecule has 0 spiro atoms. The van der Waals surface area contributed by atoms with Crippen molar-refractivity contribution in [2.75, 3.05) is 0 Å². The van der Waals surface area contributed by atoms with E-state index in [2.05, 4.69) is 45.9 Å². The van der Waals surface area contributed by atoms with Crippen LogP contribution in [-0.2, 0) is 12.8 Å². The molecule has 1 heterocycles. The first-order chi connectivity index (χ1) is 8.08. The van der Waals surface area contributed by atoms with Gasteiger partial charge in [0.05, 0.1) is 0 Å². The maximum Gasteiger partial charge on any atom is 0.0409 e. The molecule has 0 unspecified atom stereocenters. The van der Waals surface area contributed by atoms with Crippen LogP contribution in [-0.4, -0.2) is 4.98 Å². The second-order valence-electron chi connectivity index (χ2n) is 5.86. The van der Waals surface area contributed by atoms with Crippen LogP contribution in [0, 0.1) is 11.8 Å². The molecule has 0 N–H and O–H groups in total. The van der Waals surface area contributed by atoms with Crippen LogP contribution in [0.25, 0.3) is 0 Å². The zero-order valence-electron chi connectivity index (χ0n) is 11.9. The summed E-state index contributed by atoms with van der Waals surface area (Å²) in [5.74, 6) is 1.52. The Bertz CT molecular complexity index is 315. The van der Waals surface area contributed by atoms with Gasteiger partial charge in [-0.15, -0.1) is 0 Å². The summed E-state index contributed by atoms with van der Waals surface area (Å²) in [4.78, 5) is 4.73. The van der Waals surface area contributed by atoms with Gasteiger partial charge in [-0.25, -0.2) is 0 Å². The monoisotopic (exact) mass is 233 g/mol. The van der Waals surface area contributed by atoms with Crippen molar-refractivity contribution in [1.82, 2.24) is 4.98 Å². The van der Waals surface area contributed by atoms with Crippen LogP contribution in [0.2, 0.25) is 0 Å². The van der Waals surface area contributed by atoms with Crippen molar-refractivity contribution >= 4 is 0 Å². The number of nitrogens with zero attached hydrogens (tertiary/aromatic N) is 1. The molecule has 17 heavy (non-hydrogen) atoms. The lowest BCUT2D eigenvalue weighted by Gasteiger charge is -2.07. The van der Waals surface area contributed by atoms with E-state index in [1.54, 1.807) is 0 Å². The molecule has 1 aromatic heterocycles. The molecular weight excluding hydrogens is 206 g/mol. The summed E-state index contributed by atoms with van der Waals surface area (Å²) in [7, 11) is 0. The first-order valence-corrected chi connectivity index (χ1v) is 7.02. The van der Waals surface area contributed by atoms with Gasteiger partial charge in [0.2, 0.25) is 0 Å². The zero-order chi connectivity index (χ0) is 12.7. The van der Waals surface area contributed by atoms with E-state index in [0.717, 1.165) is 18.8 Å². The van der Waals surface area contributed by atoms with Gasteiger partial charge < -0.3 is 0 Å². The van der Waals surface area contributed by atoms with Crippen molar-refractivity contribution in [3.63, 3.8) is 0 Å². The Balaban J connectivity index is 2.37. The second-order valence-corrected chi connectivity index (χ2v) is 5.86. The zero-order valence-corrected chi connectivity index (χ0v) is 11.9. The van der Waals surface area contributed by atoms with Crippen molar-refractivity contribution in [2.45, 2.75) is 59.8 Å². The highest BCUT2D eigenvalue weighted by atomic mass is 14.7. The highest BCUT2D eigenvalue weighted by Crippen LogP contribution is 2.11. The fourth-order valence-corrected chi connectivity index (χ4v) is 2.06. The number of rotatable bonds is 7. The Kier molecular flexibility index (Phi) is 6.25. The topological polar surface area (TPSA) is 12.9 Å². The molecule has 0 aromatic carbocycles. The lowest BCUT2D eigenvalue weighted by Crippen LogP contribution is -2.00. The van der Waals surface area contributed by atoms with E-state index in [9.17, 15) is 0 Å². The average molecular weight is 233 g/mol. The largest absolute Gasteiger partial charge is 0.258 e. The predicted octanol–water partition coefficient (Wildman–Crippen LogP) is 4.65. The van der Waals surface area contributed by atoms with E-state index in [-0.39, 0.29) is 0 Å². The average Bonchev–Trinajstić information content (AvgIpc) is 2.24. The van der Waals surface area contributed by atoms with Crippen LogP contribution in [0.1, 0.15) is 58.3 Å². The van der Waals surface area contributed by atoms with Gasteiger partial charge >= 0.3 is 0 Å². The van der Waals surface area contributed by atoms with Crippen LogP contribution in [0.15, 0.2) is 18.2 Å². The van der Waals surface area contributed by atoms with Crippen molar-refractivity contribution in [3.8, 4) is 0 Å². The Labute approximate surface area is 107 Å². The first-order valence-electron chi connectivity index (χ1n) is 7.02. The van der Waals surface area contributed by atoms with E-state index < -0.39 is 0 Å². The maximum atomic E-state index is 4.73. The molecule has 0 saturated carbocycles. The number of unbranched alkanes of at least 4 members (excludes halogenated alkanes) is 1. The summed E-state index contributed by atoms with van der Waals surface area (Å²) < 4.78 is 0. The molecule has 0 atom stereocenters. The van der Waals surface area contributed by atoms with E-state index in [0.29, 0.717) is 5.92 Å². The maximum absolute atomic E-state index is 4.73. The molecule has 0 aliphatic carbocycles. The normalized spacial score (nSPS) is 11.4. The summed E-state index contributed by atoms with van der Waals surface area (Å²) in [6.07, 6.45) is 6.17. The lowest BCUT2D eigenvalue weighted by atomic mass is 10.0. The Morgan fingerprint density at radius 3 is 2.29 bits per heavy atom. The van der Waals surface area contributed by atoms with Crippen LogP contribution < -0.4 is 0 Å². The molecule has 1 aromatic rings. The minimum absolute atomic E-state index is 0.693. The molecule has 0 aliphatic heterocycles. The standard InChI is InChI=1S/C16H27N/c1-13(2)8-5-6-9-15-10-7-11-16(17-15)12-14(3)4/h7,10-11,13-14H,5-6,8-9,12H2,1-4H3. The van der Waals surface area contributed by atoms with Crippen LogP contribution >= 0.6 is 0 Å². The molecule has 0 saturated heterocycles. The third-order valence-electron chi connectivity index (χ3n) is 2.95. The quantitative estimate of drug-likeness (QED) is 0.625. The van der Waals surface area contributed by atoms with Crippen molar-refractivity contribution in [1.29, 1.82) is 0 Å². The van der Waals surface area contributed by atoms with Gasteiger partial charge in [0.15, 0.2) is 0 Å². The number of hydrogen-bond donors (Lipinski definition) is 0. The Morgan fingerprint density at radius 1 is 0.941 bits per heavy atom. The van der Waals surface area contributed by atoms with Gasteiger partial charge in [0, 0.05) is 11.4 Å².